The lowest BCUT2D eigenvalue weighted by atomic mass is 10.2. The van der Waals surface area contributed by atoms with E-state index in [9.17, 15) is 4.79 Å². The van der Waals surface area contributed by atoms with Crippen LogP contribution in [-0.2, 0) is 0 Å². The van der Waals surface area contributed by atoms with Crippen LogP contribution in [0.4, 0.5) is 0 Å². The maximum atomic E-state index is 12.3. The normalized spacial score (nSPS) is 10.7. The number of nitrogens with zero attached hydrogens (tertiary/aromatic N) is 3. The third-order valence-corrected chi connectivity index (χ3v) is 2.82. The molecule has 0 aromatic carbocycles. The van der Waals surface area contributed by atoms with Crippen LogP contribution in [0.15, 0.2) is 53.7 Å². The third-order valence-electron chi connectivity index (χ3n) is 2.82. The van der Waals surface area contributed by atoms with Crippen molar-refractivity contribution in [1.82, 2.24) is 14.5 Å². The average Bonchev–Trinajstić information content (AvgIpc) is 2.39. The Morgan fingerprint density at radius 1 is 1.11 bits per heavy atom. The molecule has 0 atom stereocenters. The van der Waals surface area contributed by atoms with Crippen LogP contribution >= 0.6 is 0 Å². The minimum atomic E-state index is -0.0984. The molecule has 3 heterocycles. The number of aryl methyl sites for hydroxylation is 1. The molecule has 0 radical (unpaired) electrons. The zero-order valence-corrected chi connectivity index (χ0v) is 9.87. The topological polar surface area (TPSA) is 47.8 Å². The monoisotopic (exact) mass is 237 g/mol. The molecule has 4 heteroatoms. The number of aromatic nitrogens is 3. The van der Waals surface area contributed by atoms with Gasteiger partial charge in [0, 0.05) is 18.6 Å². The molecule has 0 saturated heterocycles. The summed E-state index contributed by atoms with van der Waals surface area (Å²) in [7, 11) is 0. The van der Waals surface area contributed by atoms with Crippen molar-refractivity contribution >= 4 is 10.9 Å². The first-order chi connectivity index (χ1) is 8.75. The van der Waals surface area contributed by atoms with E-state index in [1.165, 1.54) is 4.57 Å². The van der Waals surface area contributed by atoms with Gasteiger partial charge in [-0.15, -0.1) is 0 Å². The molecule has 3 rings (SSSR count). The molecule has 0 fully saturated rings. The quantitative estimate of drug-likeness (QED) is 0.651. The van der Waals surface area contributed by atoms with Crippen molar-refractivity contribution in [3.8, 4) is 5.82 Å². The molecule has 4 nitrogen and oxygen atoms in total. The predicted octanol–water partition coefficient (Wildman–Crippen LogP) is 2.09. The van der Waals surface area contributed by atoms with E-state index in [2.05, 4.69) is 9.97 Å². The molecule has 0 aliphatic carbocycles. The minimum Gasteiger partial charge on any atom is -0.268 e. The average molecular weight is 237 g/mol. The van der Waals surface area contributed by atoms with Gasteiger partial charge in [-0.1, -0.05) is 0 Å². The standard InChI is InChI=1S/C14H11N3O/c1-10-4-7-16-13(9-10)17-8-5-12-11(14(17)18)3-2-6-15-12/h2-9H,1H3. The SMILES string of the molecule is Cc1ccnc(-n2ccc3ncccc3c2=O)c1. The third kappa shape index (κ3) is 1.68. The van der Waals surface area contributed by atoms with E-state index in [-0.39, 0.29) is 5.56 Å². The Kier molecular flexibility index (Phi) is 2.41. The van der Waals surface area contributed by atoms with E-state index in [0.717, 1.165) is 5.56 Å². The summed E-state index contributed by atoms with van der Waals surface area (Å²) in [6, 6.07) is 9.14. The molecule has 0 spiro atoms. The summed E-state index contributed by atoms with van der Waals surface area (Å²) in [4.78, 5) is 20.7. The molecule has 0 unspecified atom stereocenters. The van der Waals surface area contributed by atoms with E-state index >= 15 is 0 Å². The molecule has 0 saturated carbocycles. The van der Waals surface area contributed by atoms with Gasteiger partial charge >= 0.3 is 0 Å². The van der Waals surface area contributed by atoms with Gasteiger partial charge < -0.3 is 0 Å². The number of hydrogen-bond acceptors (Lipinski definition) is 3. The van der Waals surface area contributed by atoms with E-state index in [4.69, 9.17) is 0 Å². The molecule has 88 valence electrons. The lowest BCUT2D eigenvalue weighted by molar-refractivity contribution is 0.949. The summed E-state index contributed by atoms with van der Waals surface area (Å²) in [5.41, 5.74) is 1.67. The van der Waals surface area contributed by atoms with E-state index in [0.29, 0.717) is 16.7 Å². The lowest BCUT2D eigenvalue weighted by Crippen LogP contribution is -2.18. The summed E-state index contributed by atoms with van der Waals surface area (Å²) < 4.78 is 1.54. The van der Waals surface area contributed by atoms with Gasteiger partial charge in [0.15, 0.2) is 0 Å². The highest BCUT2D eigenvalue weighted by Crippen LogP contribution is 2.08. The van der Waals surface area contributed by atoms with Crippen LogP contribution in [-0.4, -0.2) is 14.5 Å². The van der Waals surface area contributed by atoms with Gasteiger partial charge in [-0.25, -0.2) is 4.98 Å². The van der Waals surface area contributed by atoms with Gasteiger partial charge in [0.25, 0.3) is 5.56 Å². The van der Waals surface area contributed by atoms with Gasteiger partial charge in [0.1, 0.15) is 5.82 Å². The van der Waals surface area contributed by atoms with Crippen LogP contribution in [0.2, 0.25) is 0 Å². The van der Waals surface area contributed by atoms with Crippen molar-refractivity contribution in [2.75, 3.05) is 0 Å². The van der Waals surface area contributed by atoms with E-state index < -0.39 is 0 Å². The number of rotatable bonds is 1. The van der Waals surface area contributed by atoms with E-state index in [1.54, 1.807) is 30.7 Å². The van der Waals surface area contributed by atoms with Crippen LogP contribution in [0.5, 0.6) is 0 Å². The van der Waals surface area contributed by atoms with Crippen molar-refractivity contribution in [3.63, 3.8) is 0 Å². The van der Waals surface area contributed by atoms with Gasteiger partial charge in [-0.05, 0) is 42.8 Å². The second-order valence-electron chi connectivity index (χ2n) is 4.12. The fraction of sp³-hybridized carbons (Fsp3) is 0.0714. The highest BCUT2D eigenvalue weighted by atomic mass is 16.1. The van der Waals surface area contributed by atoms with E-state index in [1.807, 2.05) is 25.1 Å². The Morgan fingerprint density at radius 2 is 2.00 bits per heavy atom. The number of hydrogen-bond donors (Lipinski definition) is 0. The Bertz CT molecular complexity index is 777. The second kappa shape index (κ2) is 4.07. The Hall–Kier alpha value is -2.49. The molecule has 0 N–H and O–H groups in total. The molecule has 0 aliphatic heterocycles. The second-order valence-corrected chi connectivity index (χ2v) is 4.12. The summed E-state index contributed by atoms with van der Waals surface area (Å²) in [6.45, 7) is 1.97. The van der Waals surface area contributed by atoms with Gasteiger partial charge in [-0.2, -0.15) is 0 Å². The van der Waals surface area contributed by atoms with Crippen LogP contribution in [0, 0.1) is 6.92 Å². The van der Waals surface area contributed by atoms with Crippen LogP contribution < -0.4 is 5.56 Å². The van der Waals surface area contributed by atoms with Crippen LogP contribution in [0.3, 0.4) is 0 Å². The van der Waals surface area contributed by atoms with Crippen molar-refractivity contribution in [2.45, 2.75) is 6.92 Å². The summed E-state index contributed by atoms with van der Waals surface area (Å²) in [5.74, 6) is 0.630. The first kappa shape index (κ1) is 10.7. The smallest absolute Gasteiger partial charge is 0.265 e. The maximum absolute atomic E-state index is 12.3. The molecule has 0 amide bonds. The zero-order valence-electron chi connectivity index (χ0n) is 9.87. The molecular weight excluding hydrogens is 226 g/mol. The Labute approximate surface area is 104 Å². The zero-order chi connectivity index (χ0) is 12.5. The molecular formula is C14H11N3O. The minimum absolute atomic E-state index is 0.0984. The number of fused-ring (bicyclic) bond motifs is 1. The fourth-order valence-corrected chi connectivity index (χ4v) is 1.91. The largest absolute Gasteiger partial charge is 0.268 e. The Morgan fingerprint density at radius 3 is 2.83 bits per heavy atom. The van der Waals surface area contributed by atoms with Crippen LogP contribution in [0.1, 0.15) is 5.56 Å². The fourth-order valence-electron chi connectivity index (χ4n) is 1.91. The number of pyridine rings is 3. The lowest BCUT2D eigenvalue weighted by Gasteiger charge is -2.06. The maximum Gasteiger partial charge on any atom is 0.265 e. The van der Waals surface area contributed by atoms with Gasteiger partial charge in [-0.3, -0.25) is 14.3 Å². The highest BCUT2D eigenvalue weighted by molar-refractivity contribution is 5.77. The summed E-state index contributed by atoms with van der Waals surface area (Å²) >= 11 is 0. The first-order valence-electron chi connectivity index (χ1n) is 5.65. The van der Waals surface area contributed by atoms with Crippen LogP contribution in [0.25, 0.3) is 16.7 Å². The molecule has 0 aliphatic rings. The van der Waals surface area contributed by atoms with Crippen molar-refractivity contribution < 1.29 is 0 Å². The van der Waals surface area contributed by atoms with Crippen molar-refractivity contribution in [3.05, 3.63) is 64.8 Å². The van der Waals surface area contributed by atoms with Gasteiger partial charge in [0.05, 0.1) is 10.9 Å². The van der Waals surface area contributed by atoms with Gasteiger partial charge in [0.2, 0.25) is 0 Å². The molecule has 0 bridgehead atoms. The summed E-state index contributed by atoms with van der Waals surface area (Å²) in [6.07, 6.45) is 5.08. The Balaban J connectivity index is 2.31. The van der Waals surface area contributed by atoms with Crippen molar-refractivity contribution in [2.24, 2.45) is 0 Å². The summed E-state index contributed by atoms with van der Waals surface area (Å²) in [5, 5.41) is 0.600. The highest BCUT2D eigenvalue weighted by Gasteiger charge is 2.05. The molecule has 18 heavy (non-hydrogen) atoms. The predicted molar refractivity (Wildman–Crippen MR) is 69.9 cm³/mol. The molecule has 3 aromatic rings. The van der Waals surface area contributed by atoms with Crippen molar-refractivity contribution in [1.29, 1.82) is 0 Å². The molecule has 3 aromatic heterocycles. The first-order valence-corrected chi connectivity index (χ1v) is 5.65.